The second-order valence-corrected chi connectivity index (χ2v) is 4.11. The summed E-state index contributed by atoms with van der Waals surface area (Å²) < 4.78 is 5.63. The molecule has 1 aromatic rings. The zero-order valence-electron chi connectivity index (χ0n) is 8.94. The first-order valence-electron chi connectivity index (χ1n) is 5.22. The van der Waals surface area contributed by atoms with Crippen LogP contribution in [-0.4, -0.2) is 11.4 Å². The van der Waals surface area contributed by atoms with Crippen LogP contribution < -0.4 is 0 Å². The van der Waals surface area contributed by atoms with Crippen LogP contribution in [0.2, 0.25) is 0 Å². The second kappa shape index (κ2) is 3.80. The van der Waals surface area contributed by atoms with Gasteiger partial charge < -0.3 is 9.84 Å². The van der Waals surface area contributed by atoms with Crippen molar-refractivity contribution in [1.29, 1.82) is 0 Å². The minimum absolute atomic E-state index is 0.543. The van der Waals surface area contributed by atoms with Crippen LogP contribution in [0, 0.1) is 0 Å². The van der Waals surface area contributed by atoms with Crippen LogP contribution in [0.1, 0.15) is 25.3 Å². The molecule has 1 fully saturated rings. The molecule has 2 rings (SSSR count). The standard InChI is InChI=1S/C13H16O2/c1-10-8-9-12(14)15-13(10,2)11-6-4-3-5-7-11/h3-7,12,14H,1,8-9H2,2H3. The van der Waals surface area contributed by atoms with Crippen LogP contribution in [0.5, 0.6) is 0 Å². The summed E-state index contributed by atoms with van der Waals surface area (Å²) in [5, 5.41) is 9.56. The molecular weight excluding hydrogens is 188 g/mol. The molecule has 0 spiro atoms. The van der Waals surface area contributed by atoms with Gasteiger partial charge in [0.1, 0.15) is 5.60 Å². The molecule has 80 valence electrons. The molecular formula is C13H16O2. The lowest BCUT2D eigenvalue weighted by Crippen LogP contribution is -2.37. The first-order chi connectivity index (χ1) is 7.13. The normalized spacial score (nSPS) is 31.6. The lowest BCUT2D eigenvalue weighted by molar-refractivity contribution is -0.188. The number of hydrogen-bond acceptors (Lipinski definition) is 2. The van der Waals surface area contributed by atoms with E-state index in [-0.39, 0.29) is 0 Å². The minimum Gasteiger partial charge on any atom is -0.368 e. The fourth-order valence-electron chi connectivity index (χ4n) is 1.98. The van der Waals surface area contributed by atoms with Crippen LogP contribution in [0.3, 0.4) is 0 Å². The van der Waals surface area contributed by atoms with E-state index < -0.39 is 11.9 Å². The zero-order valence-corrected chi connectivity index (χ0v) is 8.94. The van der Waals surface area contributed by atoms with E-state index >= 15 is 0 Å². The summed E-state index contributed by atoms with van der Waals surface area (Å²) in [6, 6.07) is 9.91. The largest absolute Gasteiger partial charge is 0.368 e. The van der Waals surface area contributed by atoms with Gasteiger partial charge in [-0.2, -0.15) is 0 Å². The molecule has 1 heterocycles. The van der Waals surface area contributed by atoms with E-state index in [0.29, 0.717) is 6.42 Å². The van der Waals surface area contributed by atoms with Gasteiger partial charge in [-0.25, -0.2) is 0 Å². The molecule has 2 atom stereocenters. The summed E-state index contributed by atoms with van der Waals surface area (Å²) in [4.78, 5) is 0. The van der Waals surface area contributed by atoms with Crippen molar-refractivity contribution in [2.45, 2.75) is 31.7 Å². The van der Waals surface area contributed by atoms with E-state index in [4.69, 9.17) is 4.74 Å². The van der Waals surface area contributed by atoms with Gasteiger partial charge in [0.15, 0.2) is 6.29 Å². The molecule has 2 nitrogen and oxygen atoms in total. The number of rotatable bonds is 1. The van der Waals surface area contributed by atoms with Crippen LogP contribution in [-0.2, 0) is 10.3 Å². The van der Waals surface area contributed by atoms with Gasteiger partial charge in [-0.3, -0.25) is 0 Å². The van der Waals surface area contributed by atoms with Crippen LogP contribution in [0.25, 0.3) is 0 Å². The molecule has 2 heteroatoms. The molecule has 0 aromatic heterocycles. The Morgan fingerprint density at radius 2 is 2.07 bits per heavy atom. The van der Waals surface area contributed by atoms with Crippen molar-refractivity contribution in [2.75, 3.05) is 0 Å². The lowest BCUT2D eigenvalue weighted by Gasteiger charge is -2.39. The maximum atomic E-state index is 9.56. The average molecular weight is 204 g/mol. The highest BCUT2D eigenvalue weighted by Crippen LogP contribution is 2.39. The molecule has 1 saturated heterocycles. The maximum Gasteiger partial charge on any atom is 0.156 e. The Hall–Kier alpha value is -1.12. The lowest BCUT2D eigenvalue weighted by atomic mass is 9.84. The van der Waals surface area contributed by atoms with Gasteiger partial charge in [0, 0.05) is 6.42 Å². The van der Waals surface area contributed by atoms with Crippen molar-refractivity contribution in [2.24, 2.45) is 0 Å². The maximum absolute atomic E-state index is 9.56. The highest BCUT2D eigenvalue weighted by atomic mass is 16.6. The second-order valence-electron chi connectivity index (χ2n) is 4.11. The topological polar surface area (TPSA) is 29.5 Å². The summed E-state index contributed by atoms with van der Waals surface area (Å²) in [6.07, 6.45) is 0.772. The monoisotopic (exact) mass is 204 g/mol. The summed E-state index contributed by atoms with van der Waals surface area (Å²) >= 11 is 0. The van der Waals surface area contributed by atoms with Crippen molar-refractivity contribution < 1.29 is 9.84 Å². The SMILES string of the molecule is C=C1CCC(O)OC1(C)c1ccccc1. The van der Waals surface area contributed by atoms with Crippen LogP contribution in [0.4, 0.5) is 0 Å². The highest BCUT2D eigenvalue weighted by Gasteiger charge is 2.36. The van der Waals surface area contributed by atoms with Gasteiger partial charge >= 0.3 is 0 Å². The summed E-state index contributed by atoms with van der Waals surface area (Å²) in [7, 11) is 0. The Labute approximate surface area is 90.2 Å². The number of aliphatic hydroxyl groups is 1. The molecule has 15 heavy (non-hydrogen) atoms. The molecule has 1 aliphatic rings. The highest BCUT2D eigenvalue weighted by molar-refractivity contribution is 5.31. The van der Waals surface area contributed by atoms with Crippen LogP contribution >= 0.6 is 0 Å². The predicted octanol–water partition coefficient (Wildman–Crippen LogP) is 2.59. The third-order valence-electron chi connectivity index (χ3n) is 3.06. The predicted molar refractivity (Wildman–Crippen MR) is 59.3 cm³/mol. The minimum atomic E-state index is -0.680. The molecule has 0 saturated carbocycles. The Balaban J connectivity index is 2.35. The molecule has 0 radical (unpaired) electrons. The summed E-state index contributed by atoms with van der Waals surface area (Å²) in [5.74, 6) is 0. The smallest absolute Gasteiger partial charge is 0.156 e. The fourth-order valence-corrected chi connectivity index (χ4v) is 1.98. The molecule has 0 amide bonds. The van der Waals surface area contributed by atoms with Gasteiger partial charge in [0.05, 0.1) is 0 Å². The van der Waals surface area contributed by atoms with Gasteiger partial charge in [-0.1, -0.05) is 36.9 Å². The molecule has 1 aromatic carbocycles. The number of aliphatic hydroxyl groups excluding tert-OH is 1. The van der Waals surface area contributed by atoms with E-state index in [1.807, 2.05) is 37.3 Å². The molecule has 2 unspecified atom stereocenters. The fraction of sp³-hybridized carbons (Fsp3) is 0.385. The van der Waals surface area contributed by atoms with E-state index in [1.165, 1.54) is 0 Å². The van der Waals surface area contributed by atoms with E-state index in [2.05, 4.69) is 6.58 Å². The number of hydrogen-bond donors (Lipinski definition) is 1. The Bertz CT molecular complexity index is 358. The Kier molecular flexibility index (Phi) is 2.63. The van der Waals surface area contributed by atoms with Crippen molar-refractivity contribution >= 4 is 0 Å². The zero-order chi connectivity index (χ0) is 10.9. The molecule has 0 aliphatic carbocycles. The summed E-state index contributed by atoms with van der Waals surface area (Å²) in [6.45, 7) is 6.01. The quantitative estimate of drug-likeness (QED) is 0.712. The first kappa shape index (κ1) is 10.4. The average Bonchev–Trinajstić information content (AvgIpc) is 2.25. The van der Waals surface area contributed by atoms with Gasteiger partial charge in [0.2, 0.25) is 0 Å². The van der Waals surface area contributed by atoms with E-state index in [1.54, 1.807) is 0 Å². The van der Waals surface area contributed by atoms with E-state index in [9.17, 15) is 5.11 Å². The third kappa shape index (κ3) is 1.83. The molecule has 0 bridgehead atoms. The van der Waals surface area contributed by atoms with E-state index in [0.717, 1.165) is 17.6 Å². The van der Waals surface area contributed by atoms with Crippen LogP contribution in [0.15, 0.2) is 42.5 Å². The van der Waals surface area contributed by atoms with Gasteiger partial charge in [-0.05, 0) is 24.5 Å². The number of ether oxygens (including phenoxy) is 1. The van der Waals surface area contributed by atoms with Crippen molar-refractivity contribution in [3.8, 4) is 0 Å². The van der Waals surface area contributed by atoms with Gasteiger partial charge in [-0.15, -0.1) is 0 Å². The molecule has 1 aliphatic heterocycles. The van der Waals surface area contributed by atoms with Crippen molar-refractivity contribution in [3.05, 3.63) is 48.0 Å². The van der Waals surface area contributed by atoms with Gasteiger partial charge in [0.25, 0.3) is 0 Å². The summed E-state index contributed by atoms with van der Waals surface area (Å²) in [5.41, 5.74) is 1.53. The molecule has 1 N–H and O–H groups in total. The third-order valence-corrected chi connectivity index (χ3v) is 3.06. The first-order valence-corrected chi connectivity index (χ1v) is 5.22. The van der Waals surface area contributed by atoms with Crippen molar-refractivity contribution in [3.63, 3.8) is 0 Å². The Morgan fingerprint density at radius 1 is 1.40 bits per heavy atom. The Morgan fingerprint density at radius 3 is 2.73 bits per heavy atom. The van der Waals surface area contributed by atoms with Crippen molar-refractivity contribution in [1.82, 2.24) is 0 Å². The number of benzene rings is 1.